The fraction of sp³-hybridized carbons (Fsp3) is 0.800. The smallest absolute Gasteiger partial charge is 0.209 e. The van der Waals surface area contributed by atoms with Gasteiger partial charge in [0.15, 0.2) is 0 Å². The third-order valence-corrected chi connectivity index (χ3v) is 5.44. The first kappa shape index (κ1) is 19.3. The van der Waals surface area contributed by atoms with Crippen LogP contribution in [-0.4, -0.2) is 66.1 Å². The third-order valence-electron chi connectivity index (χ3n) is 4.63. The summed E-state index contributed by atoms with van der Waals surface area (Å²) in [5.74, 6) is -0.0884. The molecule has 0 aromatic heterocycles. The Balaban J connectivity index is 2.04. The Hall–Kier alpha value is -1.00. The van der Waals surface area contributed by atoms with Gasteiger partial charge in [0, 0.05) is 46.6 Å². The minimum atomic E-state index is -3.47. The second-order valence-electron chi connectivity index (χ2n) is 6.18. The number of methoxy groups -OCH3 is 3. The van der Waals surface area contributed by atoms with Crippen LogP contribution in [-0.2, 0) is 24.2 Å². The lowest BCUT2D eigenvalue weighted by molar-refractivity contribution is -0.0989. The molecule has 0 aromatic rings. The first-order chi connectivity index (χ1) is 11.4. The maximum Gasteiger partial charge on any atom is 0.209 e. The molecule has 1 saturated carbocycles. The number of aliphatic imine (C=N–C) groups is 1. The van der Waals surface area contributed by atoms with Crippen molar-refractivity contribution in [3.8, 4) is 0 Å². The van der Waals surface area contributed by atoms with Crippen molar-refractivity contribution in [1.29, 1.82) is 0 Å². The standard InChI is InChI=1S/C15H27N3O5S/c1-21-11-6-13(22-2)15(14(7-11)23-3)12-9-17-10(8-18-12)4-5-24(16,19)20/h8-11,13-15,17H,4-7H2,1-3H3,(H2,16,19,20). The molecule has 0 saturated heterocycles. The number of nitrogens with zero attached hydrogens (tertiary/aromatic N) is 1. The molecular formula is C15H27N3O5S. The van der Waals surface area contributed by atoms with Gasteiger partial charge in [0.05, 0.1) is 41.7 Å². The molecule has 8 nitrogen and oxygen atoms in total. The molecule has 3 N–H and O–H groups in total. The minimum absolute atomic E-state index is 0.00524. The van der Waals surface area contributed by atoms with Crippen molar-refractivity contribution < 1.29 is 22.6 Å². The lowest BCUT2D eigenvalue weighted by Gasteiger charge is -2.40. The Morgan fingerprint density at radius 1 is 1.21 bits per heavy atom. The van der Waals surface area contributed by atoms with E-state index >= 15 is 0 Å². The molecule has 3 atom stereocenters. The highest BCUT2D eigenvalue weighted by atomic mass is 32.2. The molecule has 1 aliphatic carbocycles. The first-order valence-corrected chi connectivity index (χ1v) is 9.68. The topological polar surface area (TPSA) is 112 Å². The van der Waals surface area contributed by atoms with Crippen LogP contribution in [0.3, 0.4) is 0 Å². The number of hydrogen-bond acceptors (Lipinski definition) is 7. The van der Waals surface area contributed by atoms with E-state index in [2.05, 4.69) is 10.3 Å². The van der Waals surface area contributed by atoms with E-state index in [0.29, 0.717) is 6.42 Å². The van der Waals surface area contributed by atoms with Gasteiger partial charge < -0.3 is 19.5 Å². The van der Waals surface area contributed by atoms with E-state index < -0.39 is 10.0 Å². The summed E-state index contributed by atoms with van der Waals surface area (Å²) in [6, 6.07) is -0.149. The molecule has 2 aliphatic rings. The van der Waals surface area contributed by atoms with Gasteiger partial charge in [-0.05, 0) is 6.42 Å². The number of primary sulfonamides is 1. The molecular weight excluding hydrogens is 334 g/mol. The van der Waals surface area contributed by atoms with Crippen LogP contribution in [0.15, 0.2) is 16.9 Å². The van der Waals surface area contributed by atoms with E-state index in [1.165, 1.54) is 0 Å². The average Bonchev–Trinajstić information content (AvgIpc) is 2.58. The van der Waals surface area contributed by atoms with Crippen molar-refractivity contribution in [3.05, 3.63) is 11.9 Å². The van der Waals surface area contributed by atoms with Gasteiger partial charge in [-0.2, -0.15) is 0 Å². The van der Waals surface area contributed by atoms with E-state index in [1.807, 2.05) is 6.20 Å². The highest BCUT2D eigenvalue weighted by Gasteiger charge is 2.41. The van der Waals surface area contributed by atoms with Gasteiger partial charge >= 0.3 is 0 Å². The molecule has 1 heterocycles. The van der Waals surface area contributed by atoms with Crippen LogP contribution in [0.4, 0.5) is 0 Å². The van der Waals surface area contributed by atoms with Crippen molar-refractivity contribution in [2.45, 2.75) is 43.6 Å². The third kappa shape index (κ3) is 5.00. The SMILES string of the molecule is COC1CC(OC)C(C2=CNC(CCS(N)(=O)=O)C=N2)C(OC)C1. The zero-order valence-electron chi connectivity index (χ0n) is 14.3. The lowest BCUT2D eigenvalue weighted by atomic mass is 9.80. The van der Waals surface area contributed by atoms with E-state index in [-0.39, 0.29) is 36.0 Å². The number of hydrogen-bond donors (Lipinski definition) is 2. The monoisotopic (exact) mass is 361 g/mol. The fourth-order valence-corrected chi connectivity index (χ4v) is 3.87. The summed E-state index contributed by atoms with van der Waals surface area (Å²) < 4.78 is 38.9. The zero-order chi connectivity index (χ0) is 17.7. The zero-order valence-corrected chi connectivity index (χ0v) is 15.2. The lowest BCUT2D eigenvalue weighted by Crippen LogP contribution is -2.46. The van der Waals surface area contributed by atoms with Gasteiger partial charge in [-0.15, -0.1) is 0 Å². The maximum atomic E-state index is 11.1. The quantitative estimate of drug-likeness (QED) is 0.660. The van der Waals surface area contributed by atoms with Gasteiger partial charge in [0.2, 0.25) is 10.0 Å². The van der Waals surface area contributed by atoms with Crippen LogP contribution >= 0.6 is 0 Å². The van der Waals surface area contributed by atoms with Gasteiger partial charge in [0.1, 0.15) is 0 Å². The van der Waals surface area contributed by atoms with Crippen LogP contribution < -0.4 is 10.5 Å². The number of ether oxygens (including phenoxy) is 3. The normalized spacial score (nSPS) is 33.8. The van der Waals surface area contributed by atoms with Crippen molar-refractivity contribution in [2.24, 2.45) is 16.0 Å². The summed E-state index contributed by atoms with van der Waals surface area (Å²) in [6.45, 7) is 0. The molecule has 0 aromatic carbocycles. The highest BCUT2D eigenvalue weighted by molar-refractivity contribution is 7.89. The summed E-state index contributed by atoms with van der Waals surface area (Å²) in [7, 11) is 1.58. The summed E-state index contributed by atoms with van der Waals surface area (Å²) in [6.07, 6.45) is 5.47. The van der Waals surface area contributed by atoms with Crippen LogP contribution in [0.25, 0.3) is 0 Å². The van der Waals surface area contributed by atoms with E-state index in [9.17, 15) is 8.42 Å². The van der Waals surface area contributed by atoms with Gasteiger partial charge in [-0.25, -0.2) is 13.6 Å². The van der Waals surface area contributed by atoms with E-state index in [0.717, 1.165) is 18.5 Å². The molecule has 0 spiro atoms. The molecule has 1 aliphatic heterocycles. The molecule has 0 bridgehead atoms. The Morgan fingerprint density at radius 3 is 2.25 bits per heavy atom. The molecule has 0 radical (unpaired) electrons. The van der Waals surface area contributed by atoms with Crippen molar-refractivity contribution >= 4 is 16.2 Å². The molecule has 3 unspecified atom stereocenters. The number of rotatable bonds is 7. The van der Waals surface area contributed by atoms with Gasteiger partial charge in [-0.1, -0.05) is 0 Å². The molecule has 9 heteroatoms. The summed E-state index contributed by atoms with van der Waals surface area (Å²) in [5.41, 5.74) is 0.843. The number of sulfonamides is 1. The van der Waals surface area contributed by atoms with Crippen LogP contribution in [0.5, 0.6) is 0 Å². The number of nitrogens with two attached hydrogens (primary N) is 1. The Morgan fingerprint density at radius 2 is 1.83 bits per heavy atom. The summed E-state index contributed by atoms with van der Waals surface area (Å²) in [5, 5.41) is 8.21. The van der Waals surface area contributed by atoms with E-state index in [4.69, 9.17) is 19.3 Å². The van der Waals surface area contributed by atoms with Gasteiger partial charge in [-0.3, -0.25) is 4.99 Å². The highest BCUT2D eigenvalue weighted by Crippen LogP contribution is 2.36. The summed E-state index contributed by atoms with van der Waals surface area (Å²) in [4.78, 5) is 4.52. The predicted molar refractivity (Wildman–Crippen MR) is 91.2 cm³/mol. The molecule has 138 valence electrons. The predicted octanol–water partition coefficient (Wildman–Crippen LogP) is 0.00400. The molecule has 1 fully saturated rings. The van der Waals surface area contributed by atoms with Crippen molar-refractivity contribution in [2.75, 3.05) is 27.1 Å². The Labute approximate surface area is 143 Å². The van der Waals surface area contributed by atoms with Crippen LogP contribution in [0.1, 0.15) is 19.3 Å². The average molecular weight is 361 g/mol. The van der Waals surface area contributed by atoms with Crippen LogP contribution in [0.2, 0.25) is 0 Å². The first-order valence-electron chi connectivity index (χ1n) is 7.97. The molecule has 2 rings (SSSR count). The second-order valence-corrected chi connectivity index (χ2v) is 7.91. The second kappa shape index (κ2) is 8.39. The van der Waals surface area contributed by atoms with Crippen LogP contribution in [0, 0.1) is 5.92 Å². The Kier molecular flexibility index (Phi) is 6.76. The molecule has 0 amide bonds. The fourth-order valence-electron chi connectivity index (χ4n) is 3.29. The van der Waals surface area contributed by atoms with Crippen molar-refractivity contribution in [3.63, 3.8) is 0 Å². The maximum absolute atomic E-state index is 11.1. The van der Waals surface area contributed by atoms with E-state index in [1.54, 1.807) is 27.5 Å². The number of nitrogens with one attached hydrogen (secondary N) is 1. The molecule has 24 heavy (non-hydrogen) atoms. The minimum Gasteiger partial charge on any atom is -0.382 e. The van der Waals surface area contributed by atoms with Gasteiger partial charge in [0.25, 0.3) is 0 Å². The largest absolute Gasteiger partial charge is 0.382 e. The Bertz CT molecular complexity index is 564. The van der Waals surface area contributed by atoms with Crippen molar-refractivity contribution in [1.82, 2.24) is 5.32 Å². The summed E-state index contributed by atoms with van der Waals surface area (Å²) >= 11 is 0.